The van der Waals surface area contributed by atoms with Crippen molar-refractivity contribution in [3.63, 3.8) is 0 Å². The number of ether oxygens (including phenoxy) is 1. The van der Waals surface area contributed by atoms with Crippen LogP contribution in [0.1, 0.15) is 52.5 Å². The third-order valence-electron chi connectivity index (χ3n) is 4.34. The summed E-state index contributed by atoms with van der Waals surface area (Å²) in [6, 6.07) is 16.0. The van der Waals surface area contributed by atoms with E-state index in [2.05, 4.69) is 48.4 Å². The number of hydrogen-bond acceptors (Lipinski definition) is 4. The van der Waals surface area contributed by atoms with Crippen LogP contribution in [0.2, 0.25) is 0 Å². The van der Waals surface area contributed by atoms with Crippen LogP contribution in [0.25, 0.3) is 0 Å². The first kappa shape index (κ1) is 17.9. The largest absolute Gasteiger partial charge is 0.465 e. The van der Waals surface area contributed by atoms with Crippen LogP contribution in [0.4, 0.5) is 0 Å². The summed E-state index contributed by atoms with van der Waals surface area (Å²) in [5.41, 5.74) is 5.06. The zero-order valence-electron chi connectivity index (χ0n) is 15.3. The molecule has 0 aliphatic rings. The van der Waals surface area contributed by atoms with E-state index < -0.39 is 0 Å². The zero-order valence-corrected chi connectivity index (χ0v) is 15.3. The van der Waals surface area contributed by atoms with Crippen LogP contribution in [0, 0.1) is 0 Å². The monoisotopic (exact) mass is 349 g/mol. The summed E-state index contributed by atoms with van der Waals surface area (Å²) >= 11 is 0. The molecular weight excluding hydrogens is 326 g/mol. The molecule has 1 aromatic heterocycles. The third-order valence-corrected chi connectivity index (χ3v) is 4.34. The highest BCUT2D eigenvalue weighted by Crippen LogP contribution is 2.15. The second-order valence-electron chi connectivity index (χ2n) is 6.67. The quantitative estimate of drug-likeness (QED) is 0.635. The third kappa shape index (κ3) is 4.36. The second-order valence-corrected chi connectivity index (χ2v) is 6.67. The first-order valence-corrected chi connectivity index (χ1v) is 8.70. The fraction of sp³-hybridized carbons (Fsp3) is 0.286. The van der Waals surface area contributed by atoms with Crippen LogP contribution in [0.5, 0.6) is 0 Å². The van der Waals surface area contributed by atoms with Crippen molar-refractivity contribution in [3.05, 3.63) is 82.7 Å². The molecule has 0 bridgehead atoms. The summed E-state index contributed by atoms with van der Waals surface area (Å²) in [6.07, 6.45) is 2.64. The van der Waals surface area contributed by atoms with Crippen molar-refractivity contribution in [2.45, 2.75) is 32.7 Å². The lowest BCUT2D eigenvalue weighted by Crippen LogP contribution is -2.01. The number of carbonyl (C=O) groups is 1. The Labute approximate surface area is 153 Å². The molecule has 0 aliphatic heterocycles. The van der Waals surface area contributed by atoms with Gasteiger partial charge in [0.1, 0.15) is 0 Å². The number of carbonyl (C=O) groups excluding carboxylic acids is 1. The van der Waals surface area contributed by atoms with E-state index in [0.717, 1.165) is 11.3 Å². The van der Waals surface area contributed by atoms with Crippen LogP contribution in [0.3, 0.4) is 0 Å². The van der Waals surface area contributed by atoms with E-state index in [1.165, 1.54) is 18.2 Å². The summed E-state index contributed by atoms with van der Waals surface area (Å²) in [5, 5.41) is 8.47. The van der Waals surface area contributed by atoms with Gasteiger partial charge in [0.15, 0.2) is 0 Å². The van der Waals surface area contributed by atoms with Crippen LogP contribution < -0.4 is 0 Å². The maximum atomic E-state index is 11.5. The molecule has 3 rings (SSSR count). The molecule has 0 saturated heterocycles. The first-order valence-electron chi connectivity index (χ1n) is 8.70. The highest BCUT2D eigenvalue weighted by atomic mass is 16.5. The predicted octanol–water partition coefficient (Wildman–Crippen LogP) is 3.83. The van der Waals surface area contributed by atoms with Gasteiger partial charge in [0.25, 0.3) is 0 Å². The molecular formula is C21H23N3O2. The predicted molar refractivity (Wildman–Crippen MR) is 100 cm³/mol. The fourth-order valence-corrected chi connectivity index (χ4v) is 2.78. The molecule has 0 unspecified atom stereocenters. The molecule has 0 aliphatic carbocycles. The Bertz CT molecular complexity index is 865. The number of aromatic nitrogens is 3. The molecule has 2 aromatic carbocycles. The van der Waals surface area contributed by atoms with Gasteiger partial charge in [-0.3, -0.25) is 0 Å². The topological polar surface area (TPSA) is 57.0 Å². The van der Waals surface area contributed by atoms with Gasteiger partial charge in [-0.1, -0.05) is 55.5 Å². The Kier molecular flexibility index (Phi) is 5.46. The van der Waals surface area contributed by atoms with Gasteiger partial charge in [-0.2, -0.15) is 0 Å². The lowest BCUT2D eigenvalue weighted by atomic mass is 10.0. The number of rotatable bonds is 6. The standard InChI is InChI=1S/C21H23N3O2/c1-15(2)18-8-6-17(7-9-18)13-24-14-20(22-23-24)12-16-4-10-19(11-5-16)21(25)26-3/h4-11,14-15H,12-13H2,1-3H3. The van der Waals surface area contributed by atoms with Crippen LogP contribution in [-0.2, 0) is 17.7 Å². The highest BCUT2D eigenvalue weighted by Gasteiger charge is 2.07. The van der Waals surface area contributed by atoms with E-state index in [1.807, 2.05) is 23.0 Å². The number of benzene rings is 2. The Morgan fingerprint density at radius 1 is 1.04 bits per heavy atom. The maximum Gasteiger partial charge on any atom is 0.337 e. The number of nitrogens with zero attached hydrogens (tertiary/aromatic N) is 3. The summed E-state index contributed by atoms with van der Waals surface area (Å²) in [7, 11) is 1.38. The first-order chi connectivity index (χ1) is 12.5. The van der Waals surface area contributed by atoms with Gasteiger partial charge in [-0.05, 0) is 34.7 Å². The molecule has 0 spiro atoms. The molecule has 1 heterocycles. The molecule has 0 radical (unpaired) electrons. The van der Waals surface area contributed by atoms with Gasteiger partial charge in [0, 0.05) is 12.6 Å². The Morgan fingerprint density at radius 3 is 2.31 bits per heavy atom. The Morgan fingerprint density at radius 2 is 1.69 bits per heavy atom. The van der Waals surface area contributed by atoms with E-state index in [0.29, 0.717) is 24.4 Å². The summed E-state index contributed by atoms with van der Waals surface area (Å²) < 4.78 is 6.56. The van der Waals surface area contributed by atoms with E-state index >= 15 is 0 Å². The minimum atomic E-state index is -0.328. The van der Waals surface area contributed by atoms with Crippen molar-refractivity contribution in [3.8, 4) is 0 Å². The minimum Gasteiger partial charge on any atom is -0.465 e. The summed E-state index contributed by atoms with van der Waals surface area (Å²) in [5.74, 6) is 0.207. The van der Waals surface area contributed by atoms with Gasteiger partial charge in [0.05, 0.1) is 24.9 Å². The molecule has 0 atom stereocenters. The normalized spacial score (nSPS) is 10.9. The fourth-order valence-electron chi connectivity index (χ4n) is 2.78. The lowest BCUT2D eigenvalue weighted by Gasteiger charge is -2.06. The van der Waals surface area contributed by atoms with E-state index in [1.54, 1.807) is 12.1 Å². The van der Waals surface area contributed by atoms with Crippen LogP contribution in [0.15, 0.2) is 54.7 Å². The lowest BCUT2D eigenvalue weighted by molar-refractivity contribution is 0.0600. The van der Waals surface area contributed by atoms with Crippen molar-refractivity contribution < 1.29 is 9.53 Å². The van der Waals surface area contributed by atoms with Gasteiger partial charge >= 0.3 is 5.97 Å². The van der Waals surface area contributed by atoms with Crippen molar-refractivity contribution in [2.75, 3.05) is 7.11 Å². The van der Waals surface area contributed by atoms with Gasteiger partial charge in [0.2, 0.25) is 0 Å². The molecule has 0 amide bonds. The Balaban J connectivity index is 1.63. The Hall–Kier alpha value is -2.95. The molecule has 3 aromatic rings. The average molecular weight is 349 g/mol. The SMILES string of the molecule is COC(=O)c1ccc(Cc2cn(Cc3ccc(C(C)C)cc3)nn2)cc1. The van der Waals surface area contributed by atoms with Crippen molar-refractivity contribution >= 4 is 5.97 Å². The molecule has 0 N–H and O–H groups in total. The molecule has 26 heavy (non-hydrogen) atoms. The summed E-state index contributed by atoms with van der Waals surface area (Å²) in [6.45, 7) is 5.08. The van der Waals surface area contributed by atoms with Crippen LogP contribution >= 0.6 is 0 Å². The van der Waals surface area contributed by atoms with Gasteiger partial charge in [-0.15, -0.1) is 5.10 Å². The van der Waals surface area contributed by atoms with E-state index in [4.69, 9.17) is 4.74 Å². The number of esters is 1. The average Bonchev–Trinajstić information content (AvgIpc) is 3.09. The minimum absolute atomic E-state index is 0.328. The zero-order chi connectivity index (χ0) is 18.5. The van der Waals surface area contributed by atoms with E-state index in [9.17, 15) is 4.79 Å². The molecule has 0 fully saturated rings. The maximum absolute atomic E-state index is 11.5. The van der Waals surface area contributed by atoms with Crippen molar-refractivity contribution in [2.24, 2.45) is 0 Å². The molecule has 5 heteroatoms. The summed E-state index contributed by atoms with van der Waals surface area (Å²) in [4.78, 5) is 11.5. The number of hydrogen-bond donors (Lipinski definition) is 0. The van der Waals surface area contributed by atoms with Crippen molar-refractivity contribution in [1.29, 1.82) is 0 Å². The van der Waals surface area contributed by atoms with E-state index in [-0.39, 0.29) is 5.97 Å². The molecule has 134 valence electrons. The molecule has 5 nitrogen and oxygen atoms in total. The van der Waals surface area contributed by atoms with Gasteiger partial charge in [-0.25, -0.2) is 9.48 Å². The second kappa shape index (κ2) is 7.95. The number of methoxy groups -OCH3 is 1. The van der Waals surface area contributed by atoms with Crippen molar-refractivity contribution in [1.82, 2.24) is 15.0 Å². The highest BCUT2D eigenvalue weighted by molar-refractivity contribution is 5.89. The van der Waals surface area contributed by atoms with Crippen LogP contribution in [-0.4, -0.2) is 28.1 Å². The smallest absolute Gasteiger partial charge is 0.337 e. The van der Waals surface area contributed by atoms with Gasteiger partial charge < -0.3 is 4.74 Å². The molecule has 0 saturated carbocycles.